The Morgan fingerprint density at radius 3 is 2.37 bits per heavy atom. The quantitative estimate of drug-likeness (QED) is 0.757. The Morgan fingerprint density at radius 2 is 1.74 bits per heavy atom. The van der Waals surface area contributed by atoms with Gasteiger partial charge in [-0.25, -0.2) is 0 Å². The number of rotatable bonds is 7. The summed E-state index contributed by atoms with van der Waals surface area (Å²) in [4.78, 5) is 37.2. The molecule has 0 atom stereocenters. The second kappa shape index (κ2) is 8.88. The van der Waals surface area contributed by atoms with Crippen molar-refractivity contribution in [2.45, 2.75) is 38.1 Å². The SMILES string of the molecule is O=C(O)C1CC(NC(=O)C2CCN(C(=O)CCOc3ccccc3)CC2)C1. The van der Waals surface area contributed by atoms with Crippen molar-refractivity contribution in [2.24, 2.45) is 11.8 Å². The Labute approximate surface area is 158 Å². The maximum atomic E-state index is 12.3. The van der Waals surface area contributed by atoms with Crippen LogP contribution < -0.4 is 10.1 Å². The van der Waals surface area contributed by atoms with E-state index >= 15 is 0 Å². The van der Waals surface area contributed by atoms with Gasteiger partial charge in [0.1, 0.15) is 5.75 Å². The highest BCUT2D eigenvalue weighted by Gasteiger charge is 2.37. The van der Waals surface area contributed by atoms with E-state index in [0.717, 1.165) is 5.75 Å². The minimum absolute atomic E-state index is 0.0108. The molecule has 2 amide bonds. The summed E-state index contributed by atoms with van der Waals surface area (Å²) in [5, 5.41) is 11.8. The molecule has 1 aliphatic carbocycles. The summed E-state index contributed by atoms with van der Waals surface area (Å²) >= 11 is 0. The predicted octanol–water partition coefficient (Wildman–Crippen LogP) is 1.67. The Hall–Kier alpha value is -2.57. The number of amides is 2. The number of hydrogen-bond acceptors (Lipinski definition) is 4. The highest BCUT2D eigenvalue weighted by molar-refractivity contribution is 5.81. The lowest BCUT2D eigenvalue weighted by Crippen LogP contribution is -2.50. The number of carboxylic acid groups (broad SMARTS) is 1. The lowest BCUT2D eigenvalue weighted by atomic mass is 9.80. The van der Waals surface area contributed by atoms with Crippen LogP contribution >= 0.6 is 0 Å². The van der Waals surface area contributed by atoms with Gasteiger partial charge in [0.05, 0.1) is 18.9 Å². The average Bonchev–Trinajstić information content (AvgIpc) is 2.64. The largest absolute Gasteiger partial charge is 0.493 e. The van der Waals surface area contributed by atoms with Gasteiger partial charge in [0.2, 0.25) is 11.8 Å². The molecule has 2 fully saturated rings. The van der Waals surface area contributed by atoms with Crippen LogP contribution in [0.1, 0.15) is 32.1 Å². The first-order valence-corrected chi connectivity index (χ1v) is 9.51. The van der Waals surface area contributed by atoms with Crippen molar-refractivity contribution >= 4 is 17.8 Å². The number of carbonyl (C=O) groups is 3. The molecular weight excluding hydrogens is 348 g/mol. The van der Waals surface area contributed by atoms with Crippen LogP contribution in [0.5, 0.6) is 5.75 Å². The van der Waals surface area contributed by atoms with Crippen molar-refractivity contribution in [3.05, 3.63) is 30.3 Å². The number of aliphatic carboxylic acids is 1. The van der Waals surface area contributed by atoms with E-state index in [1.54, 1.807) is 4.90 Å². The summed E-state index contributed by atoms with van der Waals surface area (Å²) in [6.07, 6.45) is 2.64. The van der Waals surface area contributed by atoms with Gasteiger partial charge >= 0.3 is 5.97 Å². The van der Waals surface area contributed by atoms with E-state index in [4.69, 9.17) is 9.84 Å². The van der Waals surface area contributed by atoms with Gasteiger partial charge in [-0.1, -0.05) is 18.2 Å². The van der Waals surface area contributed by atoms with Crippen molar-refractivity contribution in [1.29, 1.82) is 0 Å². The Morgan fingerprint density at radius 1 is 1.07 bits per heavy atom. The second-order valence-corrected chi connectivity index (χ2v) is 7.28. The molecule has 27 heavy (non-hydrogen) atoms. The minimum Gasteiger partial charge on any atom is -0.493 e. The van der Waals surface area contributed by atoms with Gasteiger partial charge in [-0.2, -0.15) is 0 Å². The van der Waals surface area contributed by atoms with Crippen molar-refractivity contribution in [3.63, 3.8) is 0 Å². The molecular formula is C20H26N2O5. The molecule has 7 nitrogen and oxygen atoms in total. The van der Waals surface area contributed by atoms with Crippen molar-refractivity contribution in [3.8, 4) is 5.75 Å². The van der Waals surface area contributed by atoms with E-state index in [-0.39, 0.29) is 29.7 Å². The summed E-state index contributed by atoms with van der Waals surface area (Å²) < 4.78 is 5.56. The number of para-hydroxylation sites is 1. The van der Waals surface area contributed by atoms with Crippen LogP contribution in [0.2, 0.25) is 0 Å². The van der Waals surface area contributed by atoms with Crippen molar-refractivity contribution < 1.29 is 24.2 Å². The summed E-state index contributed by atoms with van der Waals surface area (Å²) in [7, 11) is 0. The highest BCUT2D eigenvalue weighted by atomic mass is 16.5. The first-order valence-electron chi connectivity index (χ1n) is 9.51. The number of nitrogens with zero attached hydrogens (tertiary/aromatic N) is 1. The normalized spacial score (nSPS) is 22.6. The van der Waals surface area contributed by atoms with Crippen LogP contribution in [-0.4, -0.2) is 53.5 Å². The molecule has 1 aromatic rings. The highest BCUT2D eigenvalue weighted by Crippen LogP contribution is 2.28. The lowest BCUT2D eigenvalue weighted by Gasteiger charge is -2.36. The first-order chi connectivity index (χ1) is 13.0. The molecule has 0 unspecified atom stereocenters. The maximum absolute atomic E-state index is 12.3. The van der Waals surface area contributed by atoms with Gasteiger partial charge in [-0.05, 0) is 37.8 Å². The molecule has 2 aliphatic rings. The van der Waals surface area contributed by atoms with Crippen LogP contribution in [0, 0.1) is 11.8 Å². The fourth-order valence-electron chi connectivity index (χ4n) is 3.58. The van der Waals surface area contributed by atoms with Crippen LogP contribution in [0.3, 0.4) is 0 Å². The molecule has 146 valence electrons. The van der Waals surface area contributed by atoms with Gasteiger partial charge in [0.15, 0.2) is 0 Å². The molecule has 0 spiro atoms. The number of ether oxygens (including phenoxy) is 1. The van der Waals surface area contributed by atoms with Gasteiger partial charge in [-0.15, -0.1) is 0 Å². The Bertz CT molecular complexity index is 664. The number of likely N-dealkylation sites (tertiary alicyclic amines) is 1. The van der Waals surface area contributed by atoms with Gasteiger partial charge < -0.3 is 20.1 Å². The lowest BCUT2D eigenvalue weighted by molar-refractivity contribution is -0.146. The minimum atomic E-state index is -0.788. The van der Waals surface area contributed by atoms with E-state index < -0.39 is 5.97 Å². The summed E-state index contributed by atoms with van der Waals surface area (Å²) in [6.45, 7) is 1.49. The molecule has 0 aromatic heterocycles. The molecule has 0 bridgehead atoms. The fourth-order valence-corrected chi connectivity index (χ4v) is 3.58. The zero-order valence-corrected chi connectivity index (χ0v) is 15.3. The summed E-state index contributed by atoms with van der Waals surface area (Å²) in [5.74, 6) is -0.423. The van der Waals surface area contributed by atoms with Crippen LogP contribution in [-0.2, 0) is 14.4 Å². The van der Waals surface area contributed by atoms with E-state index in [2.05, 4.69) is 5.32 Å². The van der Waals surface area contributed by atoms with Gasteiger partial charge in [0, 0.05) is 25.0 Å². The molecule has 1 aromatic carbocycles. The van der Waals surface area contributed by atoms with Crippen LogP contribution in [0.15, 0.2) is 30.3 Å². The van der Waals surface area contributed by atoms with E-state index in [1.165, 1.54) is 0 Å². The average molecular weight is 374 g/mol. The predicted molar refractivity (Wildman–Crippen MR) is 98.1 cm³/mol. The fraction of sp³-hybridized carbons (Fsp3) is 0.550. The van der Waals surface area contributed by atoms with Crippen molar-refractivity contribution in [2.75, 3.05) is 19.7 Å². The molecule has 7 heteroatoms. The molecule has 1 heterocycles. The number of carbonyl (C=O) groups excluding carboxylic acids is 2. The molecule has 0 radical (unpaired) electrons. The van der Waals surface area contributed by atoms with E-state index in [0.29, 0.717) is 51.8 Å². The molecule has 3 rings (SSSR count). The number of benzene rings is 1. The first kappa shape index (κ1) is 19.2. The molecule has 1 aliphatic heterocycles. The third kappa shape index (κ3) is 5.21. The third-order valence-electron chi connectivity index (χ3n) is 5.38. The Kier molecular flexibility index (Phi) is 6.32. The number of nitrogens with one attached hydrogen (secondary N) is 1. The smallest absolute Gasteiger partial charge is 0.306 e. The Balaban J connectivity index is 1.33. The maximum Gasteiger partial charge on any atom is 0.306 e. The van der Waals surface area contributed by atoms with E-state index in [1.807, 2.05) is 30.3 Å². The second-order valence-electron chi connectivity index (χ2n) is 7.28. The number of carboxylic acids is 1. The van der Waals surface area contributed by atoms with Crippen LogP contribution in [0.4, 0.5) is 0 Å². The zero-order valence-electron chi connectivity index (χ0n) is 15.3. The third-order valence-corrected chi connectivity index (χ3v) is 5.38. The standard InChI is InChI=1S/C20H26N2O5/c23-18(8-11-27-17-4-2-1-3-5-17)22-9-6-14(7-10-22)19(24)21-16-12-15(13-16)20(25)26/h1-5,14-16H,6-13H2,(H,21,24)(H,25,26). The van der Waals surface area contributed by atoms with Crippen molar-refractivity contribution in [1.82, 2.24) is 10.2 Å². The van der Waals surface area contributed by atoms with Gasteiger partial charge in [-0.3, -0.25) is 14.4 Å². The van der Waals surface area contributed by atoms with Gasteiger partial charge in [0.25, 0.3) is 0 Å². The molecule has 1 saturated carbocycles. The van der Waals surface area contributed by atoms with E-state index in [9.17, 15) is 14.4 Å². The summed E-state index contributed by atoms with van der Waals surface area (Å²) in [6, 6.07) is 9.38. The molecule has 1 saturated heterocycles. The number of piperidine rings is 1. The number of hydrogen-bond donors (Lipinski definition) is 2. The summed E-state index contributed by atoms with van der Waals surface area (Å²) in [5.41, 5.74) is 0. The molecule has 2 N–H and O–H groups in total. The topological polar surface area (TPSA) is 95.9 Å². The van der Waals surface area contributed by atoms with Crippen LogP contribution in [0.25, 0.3) is 0 Å². The monoisotopic (exact) mass is 374 g/mol. The zero-order chi connectivity index (χ0) is 19.2.